The van der Waals surface area contributed by atoms with Crippen LogP contribution < -0.4 is 5.32 Å². The monoisotopic (exact) mass is 219 g/mol. The molecule has 0 bridgehead atoms. The van der Waals surface area contributed by atoms with Gasteiger partial charge in [0.2, 0.25) is 0 Å². The van der Waals surface area contributed by atoms with Crippen LogP contribution in [0.2, 0.25) is 0 Å². The van der Waals surface area contributed by atoms with Crippen molar-refractivity contribution >= 4 is 5.78 Å². The van der Waals surface area contributed by atoms with E-state index < -0.39 is 0 Å². The molecule has 1 aliphatic heterocycles. The third-order valence-electron chi connectivity index (χ3n) is 2.79. The Morgan fingerprint density at radius 2 is 2.19 bits per heavy atom. The smallest absolute Gasteiger partial charge is 0.162 e. The Hall–Kier alpha value is -1.19. The summed E-state index contributed by atoms with van der Waals surface area (Å²) < 4.78 is 5.55. The highest BCUT2D eigenvalue weighted by atomic mass is 16.5. The lowest BCUT2D eigenvalue weighted by Crippen LogP contribution is -2.38. The van der Waals surface area contributed by atoms with E-state index in [0.717, 1.165) is 31.7 Å². The summed E-state index contributed by atoms with van der Waals surface area (Å²) in [6, 6.07) is 9.44. The van der Waals surface area contributed by atoms with Gasteiger partial charge in [-0.2, -0.15) is 0 Å². The predicted molar refractivity (Wildman–Crippen MR) is 62.6 cm³/mol. The maximum atomic E-state index is 11.8. The molecule has 2 rings (SSSR count). The summed E-state index contributed by atoms with van der Waals surface area (Å²) in [7, 11) is 0. The fourth-order valence-electron chi connectivity index (χ4n) is 1.87. The molecule has 86 valence electrons. The highest BCUT2D eigenvalue weighted by molar-refractivity contribution is 5.95. The van der Waals surface area contributed by atoms with Gasteiger partial charge in [0.15, 0.2) is 5.78 Å². The van der Waals surface area contributed by atoms with Crippen LogP contribution in [-0.4, -0.2) is 31.6 Å². The number of ketones is 1. The van der Waals surface area contributed by atoms with E-state index in [1.807, 2.05) is 30.3 Å². The van der Waals surface area contributed by atoms with Gasteiger partial charge in [-0.25, -0.2) is 0 Å². The van der Waals surface area contributed by atoms with Gasteiger partial charge in [-0.3, -0.25) is 4.79 Å². The van der Waals surface area contributed by atoms with Crippen molar-refractivity contribution in [3.05, 3.63) is 35.9 Å². The largest absolute Gasteiger partial charge is 0.376 e. The Morgan fingerprint density at radius 3 is 2.88 bits per heavy atom. The number of carbonyl (C=O) groups excluding carboxylic acids is 1. The highest BCUT2D eigenvalue weighted by Gasteiger charge is 2.15. The van der Waals surface area contributed by atoms with Crippen LogP contribution in [0.5, 0.6) is 0 Å². The Bertz CT molecular complexity index is 331. The first-order chi connectivity index (χ1) is 7.86. The van der Waals surface area contributed by atoms with Gasteiger partial charge in [0.1, 0.15) is 0 Å². The van der Waals surface area contributed by atoms with Crippen LogP contribution >= 0.6 is 0 Å². The maximum Gasteiger partial charge on any atom is 0.162 e. The Labute approximate surface area is 95.8 Å². The van der Waals surface area contributed by atoms with Crippen molar-refractivity contribution in [2.45, 2.75) is 18.9 Å². The molecule has 1 aromatic rings. The molecule has 0 amide bonds. The zero-order valence-electron chi connectivity index (χ0n) is 9.32. The molecule has 1 aromatic carbocycles. The quantitative estimate of drug-likeness (QED) is 0.782. The van der Waals surface area contributed by atoms with Gasteiger partial charge < -0.3 is 10.1 Å². The first-order valence-electron chi connectivity index (χ1n) is 5.77. The minimum atomic E-state index is 0.196. The molecule has 1 heterocycles. The number of ether oxygens (including phenoxy) is 1. The second kappa shape index (κ2) is 5.77. The van der Waals surface area contributed by atoms with Crippen LogP contribution in [0.1, 0.15) is 23.2 Å². The number of benzene rings is 1. The molecule has 1 aliphatic rings. The van der Waals surface area contributed by atoms with Gasteiger partial charge in [-0.1, -0.05) is 30.3 Å². The number of nitrogens with one attached hydrogen (secondary N) is 1. The van der Waals surface area contributed by atoms with Crippen LogP contribution in [-0.2, 0) is 4.74 Å². The van der Waals surface area contributed by atoms with E-state index in [2.05, 4.69) is 5.32 Å². The van der Waals surface area contributed by atoms with Crippen LogP contribution in [0, 0.1) is 0 Å². The lowest BCUT2D eigenvalue weighted by Gasteiger charge is -2.23. The van der Waals surface area contributed by atoms with E-state index in [4.69, 9.17) is 4.74 Å². The molecule has 0 aromatic heterocycles. The van der Waals surface area contributed by atoms with Crippen LogP contribution in [0.15, 0.2) is 30.3 Å². The first kappa shape index (κ1) is 11.3. The number of morpholine rings is 1. The van der Waals surface area contributed by atoms with Crippen molar-refractivity contribution in [3.8, 4) is 0 Å². The first-order valence-corrected chi connectivity index (χ1v) is 5.77. The van der Waals surface area contributed by atoms with Gasteiger partial charge in [0, 0.05) is 25.1 Å². The molecule has 3 heteroatoms. The third-order valence-corrected chi connectivity index (χ3v) is 2.79. The number of hydrogen-bond donors (Lipinski definition) is 1. The summed E-state index contributed by atoms with van der Waals surface area (Å²) in [6.07, 6.45) is 1.57. The molecule has 1 atom stereocenters. The number of Topliss-reactive ketones (excluding diaryl/α,β-unsaturated/α-hetero) is 1. The van der Waals surface area contributed by atoms with Crippen LogP contribution in [0.3, 0.4) is 0 Å². The summed E-state index contributed by atoms with van der Waals surface area (Å²) in [5, 5.41) is 3.26. The lowest BCUT2D eigenvalue weighted by atomic mass is 10.0. The third kappa shape index (κ3) is 3.15. The molecule has 1 unspecified atom stereocenters. The van der Waals surface area contributed by atoms with E-state index in [1.165, 1.54) is 0 Å². The van der Waals surface area contributed by atoms with Gasteiger partial charge in [-0.05, 0) is 6.42 Å². The average Bonchev–Trinajstić information content (AvgIpc) is 2.38. The Kier molecular flexibility index (Phi) is 4.08. The van der Waals surface area contributed by atoms with Crippen molar-refractivity contribution in [1.82, 2.24) is 5.32 Å². The zero-order chi connectivity index (χ0) is 11.2. The maximum absolute atomic E-state index is 11.8. The Balaban J connectivity index is 1.79. The molecule has 16 heavy (non-hydrogen) atoms. The number of hydrogen-bond acceptors (Lipinski definition) is 3. The van der Waals surface area contributed by atoms with E-state index >= 15 is 0 Å². The van der Waals surface area contributed by atoms with E-state index in [1.54, 1.807) is 0 Å². The van der Waals surface area contributed by atoms with Crippen molar-refractivity contribution in [2.24, 2.45) is 0 Å². The standard InChI is InChI=1S/C13H17NO2/c15-13(11-4-2-1-3-5-11)7-6-12-10-14-8-9-16-12/h1-5,12,14H,6-10H2. The SMILES string of the molecule is O=C(CCC1CNCCO1)c1ccccc1. The van der Waals surface area contributed by atoms with Crippen molar-refractivity contribution < 1.29 is 9.53 Å². The average molecular weight is 219 g/mol. The molecular formula is C13H17NO2. The zero-order valence-corrected chi connectivity index (χ0v) is 9.32. The minimum Gasteiger partial charge on any atom is -0.376 e. The van der Waals surface area contributed by atoms with Gasteiger partial charge >= 0.3 is 0 Å². The second-order valence-corrected chi connectivity index (χ2v) is 4.02. The van der Waals surface area contributed by atoms with Crippen molar-refractivity contribution in [2.75, 3.05) is 19.7 Å². The van der Waals surface area contributed by atoms with Crippen molar-refractivity contribution in [3.63, 3.8) is 0 Å². The summed E-state index contributed by atoms with van der Waals surface area (Å²) in [6.45, 7) is 2.54. The molecule has 1 fully saturated rings. The summed E-state index contributed by atoms with van der Waals surface area (Å²) in [4.78, 5) is 11.8. The molecule has 1 saturated heterocycles. The normalized spacial score (nSPS) is 20.6. The summed E-state index contributed by atoms with van der Waals surface area (Å²) in [5.41, 5.74) is 0.797. The summed E-state index contributed by atoms with van der Waals surface area (Å²) in [5.74, 6) is 0.203. The lowest BCUT2D eigenvalue weighted by molar-refractivity contribution is 0.0224. The van der Waals surface area contributed by atoms with Crippen LogP contribution in [0.25, 0.3) is 0 Å². The molecular weight excluding hydrogens is 202 g/mol. The molecule has 0 spiro atoms. The summed E-state index contributed by atoms with van der Waals surface area (Å²) >= 11 is 0. The molecule has 1 N–H and O–H groups in total. The Morgan fingerprint density at radius 1 is 1.38 bits per heavy atom. The highest BCUT2D eigenvalue weighted by Crippen LogP contribution is 2.09. The number of rotatable bonds is 4. The molecule has 0 saturated carbocycles. The fraction of sp³-hybridized carbons (Fsp3) is 0.462. The molecule has 0 radical (unpaired) electrons. The van der Waals surface area contributed by atoms with Gasteiger partial charge in [0.25, 0.3) is 0 Å². The van der Waals surface area contributed by atoms with E-state index in [0.29, 0.717) is 6.42 Å². The van der Waals surface area contributed by atoms with Crippen LogP contribution in [0.4, 0.5) is 0 Å². The van der Waals surface area contributed by atoms with E-state index in [9.17, 15) is 4.79 Å². The second-order valence-electron chi connectivity index (χ2n) is 4.02. The van der Waals surface area contributed by atoms with Gasteiger partial charge in [-0.15, -0.1) is 0 Å². The number of carbonyl (C=O) groups is 1. The van der Waals surface area contributed by atoms with E-state index in [-0.39, 0.29) is 11.9 Å². The minimum absolute atomic E-state index is 0.196. The molecule has 0 aliphatic carbocycles. The predicted octanol–water partition coefficient (Wildman–Crippen LogP) is 1.64. The van der Waals surface area contributed by atoms with Crippen molar-refractivity contribution in [1.29, 1.82) is 0 Å². The van der Waals surface area contributed by atoms with Gasteiger partial charge in [0.05, 0.1) is 12.7 Å². The molecule has 3 nitrogen and oxygen atoms in total. The fourth-order valence-corrected chi connectivity index (χ4v) is 1.87. The topological polar surface area (TPSA) is 38.3 Å².